The maximum absolute atomic E-state index is 13.6. The Kier molecular flexibility index (Phi) is 7.53. The molecule has 4 rings (SSSR count). The van der Waals surface area contributed by atoms with Crippen molar-refractivity contribution < 1.29 is 19.1 Å². The van der Waals surface area contributed by atoms with Crippen LogP contribution in [0.5, 0.6) is 11.5 Å². The molecule has 2 fully saturated rings. The quantitative estimate of drug-likeness (QED) is 0.627. The molecular formula is C27H34N2O4. The maximum Gasteiger partial charge on any atom is 0.227 e. The van der Waals surface area contributed by atoms with Crippen molar-refractivity contribution in [3.8, 4) is 11.5 Å². The molecule has 1 aliphatic carbocycles. The highest BCUT2D eigenvalue weighted by atomic mass is 16.5. The largest absolute Gasteiger partial charge is 0.497 e. The van der Waals surface area contributed by atoms with E-state index in [1.54, 1.807) is 19.1 Å². The van der Waals surface area contributed by atoms with Crippen LogP contribution in [0.1, 0.15) is 63.0 Å². The number of benzene rings is 2. The first-order chi connectivity index (χ1) is 16.1. The Bertz CT molecular complexity index is 934. The lowest BCUT2D eigenvalue weighted by Crippen LogP contribution is -2.50. The highest BCUT2D eigenvalue weighted by Crippen LogP contribution is 2.41. The summed E-state index contributed by atoms with van der Waals surface area (Å²) in [4.78, 5) is 28.6. The van der Waals surface area contributed by atoms with E-state index >= 15 is 0 Å². The summed E-state index contributed by atoms with van der Waals surface area (Å²) >= 11 is 0. The van der Waals surface area contributed by atoms with E-state index in [1.165, 1.54) is 12.8 Å². The average molecular weight is 451 g/mol. The van der Waals surface area contributed by atoms with Crippen molar-refractivity contribution in [1.29, 1.82) is 0 Å². The number of hydrogen-bond acceptors (Lipinski definition) is 4. The Morgan fingerprint density at radius 1 is 0.848 bits per heavy atom. The van der Waals surface area contributed by atoms with Crippen LogP contribution in [0, 0.1) is 5.92 Å². The second-order valence-corrected chi connectivity index (χ2v) is 9.02. The van der Waals surface area contributed by atoms with Crippen molar-refractivity contribution in [1.82, 2.24) is 5.32 Å². The van der Waals surface area contributed by atoms with Gasteiger partial charge >= 0.3 is 0 Å². The monoisotopic (exact) mass is 450 g/mol. The molecule has 2 aromatic carbocycles. The molecule has 1 N–H and O–H groups in total. The van der Waals surface area contributed by atoms with Crippen LogP contribution in [-0.2, 0) is 9.59 Å². The van der Waals surface area contributed by atoms with Crippen molar-refractivity contribution in [3.05, 3.63) is 54.1 Å². The summed E-state index contributed by atoms with van der Waals surface area (Å²) in [5, 5.41) is 3.33. The number of methoxy groups -OCH3 is 2. The molecule has 0 aromatic heterocycles. The van der Waals surface area contributed by atoms with Crippen molar-refractivity contribution in [2.75, 3.05) is 19.1 Å². The SMILES string of the molecule is COc1ccc([C@@H]2[C@H](C(=O)NC3CCCCCC3)CCC(=O)N2c2ccc(OC)cc2)cc1. The van der Waals surface area contributed by atoms with Crippen LogP contribution in [0.4, 0.5) is 5.69 Å². The molecule has 6 nitrogen and oxygen atoms in total. The lowest BCUT2D eigenvalue weighted by atomic mass is 9.82. The van der Waals surface area contributed by atoms with Gasteiger partial charge in [0.05, 0.1) is 26.2 Å². The molecule has 33 heavy (non-hydrogen) atoms. The second-order valence-electron chi connectivity index (χ2n) is 9.02. The summed E-state index contributed by atoms with van der Waals surface area (Å²) in [7, 11) is 3.25. The Morgan fingerprint density at radius 2 is 1.42 bits per heavy atom. The minimum Gasteiger partial charge on any atom is -0.497 e. The molecule has 2 aromatic rings. The zero-order chi connectivity index (χ0) is 23.2. The van der Waals surface area contributed by atoms with Crippen molar-refractivity contribution in [2.45, 2.75) is 63.5 Å². The molecule has 0 bridgehead atoms. The van der Waals surface area contributed by atoms with Crippen molar-refractivity contribution >= 4 is 17.5 Å². The fraction of sp³-hybridized carbons (Fsp3) is 0.481. The van der Waals surface area contributed by atoms with Crippen LogP contribution in [0.3, 0.4) is 0 Å². The lowest BCUT2D eigenvalue weighted by Gasteiger charge is -2.41. The van der Waals surface area contributed by atoms with Crippen LogP contribution in [0.25, 0.3) is 0 Å². The summed E-state index contributed by atoms with van der Waals surface area (Å²) in [6.45, 7) is 0. The third-order valence-corrected chi connectivity index (χ3v) is 6.94. The van der Waals surface area contributed by atoms with Gasteiger partial charge in [-0.3, -0.25) is 9.59 Å². The molecule has 1 saturated carbocycles. The number of carbonyl (C=O) groups is 2. The van der Waals surface area contributed by atoms with Crippen LogP contribution in [0.2, 0.25) is 0 Å². The smallest absolute Gasteiger partial charge is 0.227 e. The molecule has 1 aliphatic heterocycles. The third kappa shape index (κ3) is 5.32. The van der Waals surface area contributed by atoms with Gasteiger partial charge in [-0.1, -0.05) is 37.8 Å². The van der Waals surface area contributed by atoms with Gasteiger partial charge in [0.15, 0.2) is 0 Å². The predicted molar refractivity (Wildman–Crippen MR) is 129 cm³/mol. The Labute approximate surface area is 196 Å². The number of anilines is 1. The van der Waals surface area contributed by atoms with Gasteiger partial charge in [-0.2, -0.15) is 0 Å². The third-order valence-electron chi connectivity index (χ3n) is 6.94. The summed E-state index contributed by atoms with van der Waals surface area (Å²) < 4.78 is 10.6. The van der Waals surface area contributed by atoms with Crippen LogP contribution >= 0.6 is 0 Å². The minimum absolute atomic E-state index is 0.0273. The number of hydrogen-bond donors (Lipinski definition) is 1. The summed E-state index contributed by atoms with van der Waals surface area (Å²) in [6.07, 6.45) is 7.76. The highest BCUT2D eigenvalue weighted by molar-refractivity contribution is 5.97. The maximum atomic E-state index is 13.6. The van der Waals surface area contributed by atoms with Crippen LogP contribution in [-0.4, -0.2) is 32.1 Å². The summed E-state index contributed by atoms with van der Waals surface area (Å²) in [5.74, 6) is 1.23. The average Bonchev–Trinajstić information content (AvgIpc) is 3.12. The molecular weight excluding hydrogens is 416 g/mol. The van der Waals surface area contributed by atoms with E-state index in [-0.39, 0.29) is 29.8 Å². The molecule has 6 heteroatoms. The zero-order valence-electron chi connectivity index (χ0n) is 19.6. The van der Waals surface area contributed by atoms with E-state index in [4.69, 9.17) is 9.47 Å². The minimum atomic E-state index is -0.378. The molecule has 2 aliphatic rings. The summed E-state index contributed by atoms with van der Waals surface area (Å²) in [5.41, 5.74) is 1.70. The zero-order valence-corrected chi connectivity index (χ0v) is 19.6. The first kappa shape index (κ1) is 23.1. The van der Waals surface area contributed by atoms with Gasteiger partial charge < -0.3 is 19.7 Å². The van der Waals surface area contributed by atoms with Gasteiger partial charge in [0, 0.05) is 18.2 Å². The summed E-state index contributed by atoms with van der Waals surface area (Å²) in [6, 6.07) is 15.0. The standard InChI is InChI=1S/C27H34N2O4/c1-32-22-13-9-19(10-14-22)26-24(27(31)28-20-7-5-3-4-6-8-20)17-18-25(30)29(26)21-11-15-23(33-2)16-12-21/h9-16,20,24,26H,3-8,17-18H2,1-2H3,(H,28,31)/t24-,26-/m1/s1. The van der Waals surface area contributed by atoms with Crippen molar-refractivity contribution in [2.24, 2.45) is 5.92 Å². The normalized spacial score (nSPS) is 21.9. The van der Waals surface area contributed by atoms with Gasteiger partial charge in [0.25, 0.3) is 0 Å². The van der Waals surface area contributed by atoms with E-state index in [0.29, 0.717) is 12.8 Å². The first-order valence-electron chi connectivity index (χ1n) is 12.0. The molecule has 0 radical (unpaired) electrons. The number of rotatable bonds is 6. The Hall–Kier alpha value is -3.02. The fourth-order valence-corrected chi connectivity index (χ4v) is 5.13. The molecule has 2 atom stereocenters. The Balaban J connectivity index is 1.67. The van der Waals surface area contributed by atoms with Gasteiger partial charge in [-0.25, -0.2) is 0 Å². The Morgan fingerprint density at radius 3 is 2.00 bits per heavy atom. The highest BCUT2D eigenvalue weighted by Gasteiger charge is 2.41. The number of piperidine rings is 1. The molecule has 0 unspecified atom stereocenters. The van der Waals surface area contributed by atoms with Gasteiger partial charge in [-0.15, -0.1) is 0 Å². The van der Waals surface area contributed by atoms with E-state index in [2.05, 4.69) is 5.32 Å². The molecule has 1 saturated heterocycles. The number of amides is 2. The van der Waals surface area contributed by atoms with Gasteiger partial charge in [0.1, 0.15) is 11.5 Å². The van der Waals surface area contributed by atoms with Crippen LogP contribution in [0.15, 0.2) is 48.5 Å². The van der Waals surface area contributed by atoms with Gasteiger partial charge in [0.2, 0.25) is 11.8 Å². The fourth-order valence-electron chi connectivity index (χ4n) is 5.13. The number of ether oxygens (including phenoxy) is 2. The number of carbonyl (C=O) groups excluding carboxylic acids is 2. The molecule has 176 valence electrons. The molecule has 2 amide bonds. The van der Waals surface area contributed by atoms with Gasteiger partial charge in [-0.05, 0) is 61.2 Å². The van der Waals surface area contributed by atoms with Crippen molar-refractivity contribution in [3.63, 3.8) is 0 Å². The van der Waals surface area contributed by atoms with Crippen LogP contribution < -0.4 is 19.7 Å². The van der Waals surface area contributed by atoms with E-state index in [0.717, 1.165) is 48.4 Å². The number of nitrogens with one attached hydrogen (secondary N) is 1. The molecule has 0 spiro atoms. The lowest BCUT2D eigenvalue weighted by molar-refractivity contribution is -0.130. The topological polar surface area (TPSA) is 67.9 Å². The second kappa shape index (κ2) is 10.7. The predicted octanol–water partition coefficient (Wildman–Crippen LogP) is 5.03. The number of nitrogens with zero attached hydrogens (tertiary/aromatic N) is 1. The van der Waals surface area contributed by atoms with E-state index in [9.17, 15) is 9.59 Å². The van der Waals surface area contributed by atoms with E-state index < -0.39 is 0 Å². The van der Waals surface area contributed by atoms with E-state index in [1.807, 2.05) is 48.5 Å². The molecule has 1 heterocycles. The first-order valence-corrected chi connectivity index (χ1v) is 12.0.